The van der Waals surface area contributed by atoms with Crippen LogP contribution in [-0.2, 0) is 19.4 Å². The number of fused-ring (bicyclic) bond motifs is 1. The topological polar surface area (TPSA) is 80.7 Å². The first-order chi connectivity index (χ1) is 12.4. The van der Waals surface area contributed by atoms with E-state index in [2.05, 4.69) is 0 Å². The second kappa shape index (κ2) is 7.78. The fourth-order valence-corrected chi connectivity index (χ4v) is 4.70. The molecule has 0 spiro atoms. The first-order valence-electron chi connectivity index (χ1n) is 9.13. The van der Waals surface area contributed by atoms with Gasteiger partial charge in [-0.2, -0.15) is 0 Å². The van der Waals surface area contributed by atoms with Crippen LogP contribution in [0.1, 0.15) is 48.9 Å². The molecular formula is C19H25NO5S. The van der Waals surface area contributed by atoms with E-state index in [4.69, 9.17) is 4.74 Å². The molecule has 0 bridgehead atoms. The summed E-state index contributed by atoms with van der Waals surface area (Å²) in [5.74, 6) is -0.168. The van der Waals surface area contributed by atoms with Crippen LogP contribution in [-0.4, -0.2) is 50.6 Å². The summed E-state index contributed by atoms with van der Waals surface area (Å²) >= 11 is 0. The van der Waals surface area contributed by atoms with Crippen LogP contribution < -0.4 is 0 Å². The number of sulfone groups is 1. The number of hydrogen-bond acceptors (Lipinski definition) is 5. The minimum Gasteiger partial charge on any atom is -0.452 e. The van der Waals surface area contributed by atoms with Crippen LogP contribution >= 0.6 is 0 Å². The summed E-state index contributed by atoms with van der Waals surface area (Å²) in [6.07, 6.45) is 7.90. The van der Waals surface area contributed by atoms with Gasteiger partial charge in [-0.3, -0.25) is 4.79 Å². The van der Waals surface area contributed by atoms with Crippen LogP contribution in [0.3, 0.4) is 0 Å². The van der Waals surface area contributed by atoms with Crippen molar-refractivity contribution in [2.24, 2.45) is 5.92 Å². The van der Waals surface area contributed by atoms with E-state index in [9.17, 15) is 18.0 Å². The van der Waals surface area contributed by atoms with Gasteiger partial charge in [-0.25, -0.2) is 13.2 Å². The van der Waals surface area contributed by atoms with Crippen LogP contribution in [0.2, 0.25) is 0 Å². The first-order valence-corrected chi connectivity index (χ1v) is 11.0. The molecule has 7 heteroatoms. The molecule has 1 aromatic carbocycles. The van der Waals surface area contributed by atoms with Crippen molar-refractivity contribution >= 4 is 21.7 Å². The second-order valence-corrected chi connectivity index (χ2v) is 9.23. The fraction of sp³-hybridized carbons (Fsp3) is 0.579. The Kier molecular flexibility index (Phi) is 5.65. The molecule has 6 nitrogen and oxygen atoms in total. The summed E-state index contributed by atoms with van der Waals surface area (Å²) in [5, 5.41) is 0. The SMILES string of the molecule is CS(=O)(=O)c1ccc(C(=O)OCC(=O)N2CCC[C@H]3CCCC[C@H]32)cc1. The van der Waals surface area contributed by atoms with Crippen LogP contribution in [0, 0.1) is 5.92 Å². The number of carbonyl (C=O) groups excluding carboxylic acids is 2. The number of benzene rings is 1. The normalized spacial score (nSPS) is 23.2. The van der Waals surface area contributed by atoms with Gasteiger partial charge in [0.05, 0.1) is 10.5 Å². The lowest BCUT2D eigenvalue weighted by molar-refractivity contribution is -0.140. The Morgan fingerprint density at radius 2 is 1.73 bits per heavy atom. The number of esters is 1. The highest BCUT2D eigenvalue weighted by Crippen LogP contribution is 2.35. The summed E-state index contributed by atoms with van der Waals surface area (Å²) in [7, 11) is -3.31. The molecule has 0 radical (unpaired) electrons. The highest BCUT2D eigenvalue weighted by atomic mass is 32.2. The Labute approximate surface area is 154 Å². The summed E-state index contributed by atoms with van der Waals surface area (Å²) in [4.78, 5) is 26.7. The summed E-state index contributed by atoms with van der Waals surface area (Å²) in [5.41, 5.74) is 0.236. The van der Waals surface area contributed by atoms with Crippen molar-refractivity contribution in [2.45, 2.75) is 49.5 Å². The highest BCUT2D eigenvalue weighted by molar-refractivity contribution is 7.90. The summed E-state index contributed by atoms with van der Waals surface area (Å²) < 4.78 is 28.1. The molecule has 142 valence electrons. The predicted molar refractivity (Wildman–Crippen MR) is 96.5 cm³/mol. The standard InChI is InChI=1S/C19H25NO5S/c1-26(23,24)16-10-8-15(9-11-16)19(22)25-13-18(21)20-12-4-6-14-5-2-3-7-17(14)20/h8-11,14,17H,2-7,12-13H2,1H3/t14-,17-/m1/s1. The Balaban J connectivity index is 1.57. The Hall–Kier alpha value is -1.89. The first kappa shape index (κ1) is 18.9. The lowest BCUT2D eigenvalue weighted by atomic mass is 9.78. The second-order valence-electron chi connectivity index (χ2n) is 7.21. The molecule has 1 aliphatic carbocycles. The number of ether oxygens (including phenoxy) is 1. The Bertz CT molecular complexity index is 770. The van der Waals surface area contributed by atoms with E-state index < -0.39 is 15.8 Å². The quantitative estimate of drug-likeness (QED) is 0.751. The Morgan fingerprint density at radius 1 is 1.08 bits per heavy atom. The molecule has 2 fully saturated rings. The molecule has 0 N–H and O–H groups in total. The van der Waals surface area contributed by atoms with Gasteiger partial charge in [-0.15, -0.1) is 0 Å². The molecule has 1 saturated heterocycles. The zero-order chi connectivity index (χ0) is 18.7. The van der Waals surface area contributed by atoms with E-state index in [1.54, 1.807) is 0 Å². The molecule has 2 aliphatic rings. The van der Waals surface area contributed by atoms with Crippen molar-refractivity contribution in [3.8, 4) is 0 Å². The third-order valence-electron chi connectivity index (χ3n) is 5.41. The third kappa shape index (κ3) is 4.26. The van der Waals surface area contributed by atoms with Crippen molar-refractivity contribution in [1.82, 2.24) is 4.90 Å². The van der Waals surface area contributed by atoms with E-state index in [0.29, 0.717) is 5.92 Å². The number of likely N-dealkylation sites (tertiary alicyclic amines) is 1. The molecule has 0 aromatic heterocycles. The molecule has 1 saturated carbocycles. The van der Waals surface area contributed by atoms with Gasteiger partial charge in [0.15, 0.2) is 16.4 Å². The number of rotatable bonds is 4. The third-order valence-corrected chi connectivity index (χ3v) is 6.54. The van der Waals surface area contributed by atoms with Gasteiger partial charge >= 0.3 is 5.97 Å². The smallest absolute Gasteiger partial charge is 0.338 e. The molecule has 2 atom stereocenters. The number of carbonyl (C=O) groups is 2. The molecule has 1 aromatic rings. The zero-order valence-corrected chi connectivity index (χ0v) is 15.8. The van der Waals surface area contributed by atoms with Crippen molar-refractivity contribution in [3.05, 3.63) is 29.8 Å². The van der Waals surface area contributed by atoms with Gasteiger partial charge in [0.2, 0.25) is 0 Å². The predicted octanol–water partition coefficient (Wildman–Crippen LogP) is 2.43. The molecule has 3 rings (SSSR count). The summed E-state index contributed by atoms with van der Waals surface area (Å²) in [6, 6.07) is 5.83. The average Bonchev–Trinajstić information content (AvgIpc) is 2.64. The van der Waals surface area contributed by atoms with Crippen molar-refractivity contribution in [2.75, 3.05) is 19.4 Å². The van der Waals surface area contributed by atoms with E-state index in [-0.39, 0.29) is 29.0 Å². The monoisotopic (exact) mass is 379 g/mol. The van der Waals surface area contributed by atoms with Gasteiger partial charge < -0.3 is 9.64 Å². The van der Waals surface area contributed by atoms with Crippen molar-refractivity contribution in [1.29, 1.82) is 0 Å². The molecule has 1 heterocycles. The Morgan fingerprint density at radius 3 is 2.42 bits per heavy atom. The van der Waals surface area contributed by atoms with Crippen LogP contribution in [0.25, 0.3) is 0 Å². The van der Waals surface area contributed by atoms with Crippen LogP contribution in [0.5, 0.6) is 0 Å². The van der Waals surface area contributed by atoms with E-state index in [1.807, 2.05) is 4.90 Å². The summed E-state index contributed by atoms with van der Waals surface area (Å²) in [6.45, 7) is 0.469. The lowest BCUT2D eigenvalue weighted by Crippen LogP contribution is -2.50. The van der Waals surface area contributed by atoms with Crippen LogP contribution in [0.15, 0.2) is 29.2 Å². The average molecular weight is 379 g/mol. The van der Waals surface area contributed by atoms with Gasteiger partial charge in [0.25, 0.3) is 5.91 Å². The lowest BCUT2D eigenvalue weighted by Gasteiger charge is -2.44. The van der Waals surface area contributed by atoms with Crippen molar-refractivity contribution < 1.29 is 22.7 Å². The molecule has 1 aliphatic heterocycles. The van der Waals surface area contributed by atoms with E-state index in [0.717, 1.165) is 32.1 Å². The molecule has 1 amide bonds. The molecule has 26 heavy (non-hydrogen) atoms. The maximum Gasteiger partial charge on any atom is 0.338 e. The highest BCUT2D eigenvalue weighted by Gasteiger charge is 2.35. The van der Waals surface area contributed by atoms with Gasteiger partial charge in [-0.1, -0.05) is 12.8 Å². The number of nitrogens with zero attached hydrogens (tertiary/aromatic N) is 1. The largest absolute Gasteiger partial charge is 0.452 e. The van der Waals surface area contributed by atoms with Gasteiger partial charge in [-0.05, 0) is 55.9 Å². The van der Waals surface area contributed by atoms with Gasteiger partial charge in [0.1, 0.15) is 0 Å². The maximum absolute atomic E-state index is 12.5. The van der Waals surface area contributed by atoms with E-state index >= 15 is 0 Å². The van der Waals surface area contributed by atoms with Crippen LogP contribution in [0.4, 0.5) is 0 Å². The minimum absolute atomic E-state index is 0.136. The fourth-order valence-electron chi connectivity index (χ4n) is 4.07. The number of piperidine rings is 1. The zero-order valence-electron chi connectivity index (χ0n) is 15.0. The number of hydrogen-bond donors (Lipinski definition) is 0. The maximum atomic E-state index is 12.5. The molecule has 0 unspecified atom stereocenters. The number of amides is 1. The van der Waals surface area contributed by atoms with Crippen molar-refractivity contribution in [3.63, 3.8) is 0 Å². The molecular weight excluding hydrogens is 354 g/mol. The van der Waals surface area contributed by atoms with E-state index in [1.165, 1.54) is 43.5 Å². The van der Waals surface area contributed by atoms with Gasteiger partial charge in [0, 0.05) is 18.8 Å². The minimum atomic E-state index is -3.31.